The first kappa shape index (κ1) is 21.7. The zero-order valence-electron chi connectivity index (χ0n) is 16.7. The Morgan fingerprint density at radius 1 is 1.40 bits per heavy atom. The van der Waals surface area contributed by atoms with Crippen LogP contribution in [0.2, 0.25) is 0 Å². The highest BCUT2D eigenvalue weighted by Crippen LogP contribution is 2.25. The molecule has 10 heteroatoms. The summed E-state index contributed by atoms with van der Waals surface area (Å²) >= 11 is 1.27. The van der Waals surface area contributed by atoms with E-state index in [1.54, 1.807) is 57.3 Å². The Balaban J connectivity index is 1.66. The van der Waals surface area contributed by atoms with E-state index in [2.05, 4.69) is 15.3 Å². The van der Waals surface area contributed by atoms with Gasteiger partial charge >= 0.3 is 6.09 Å². The lowest BCUT2D eigenvalue weighted by molar-refractivity contribution is 0.0636. The topological polar surface area (TPSA) is 107 Å². The van der Waals surface area contributed by atoms with E-state index in [1.165, 1.54) is 11.3 Å². The largest absolute Gasteiger partial charge is 0.485 e. The SMILES string of the molecule is CC(C)(C)OC(=O)Nc1ncc(/C=C/c2nc3ccc(OC(CO)CF)cc3o2)s1. The molecule has 0 aliphatic rings. The van der Waals surface area contributed by atoms with Gasteiger partial charge in [-0.25, -0.2) is 19.2 Å². The van der Waals surface area contributed by atoms with Gasteiger partial charge in [-0.3, -0.25) is 5.32 Å². The van der Waals surface area contributed by atoms with Crippen molar-refractivity contribution in [3.05, 3.63) is 35.2 Å². The molecular weight excluding hydrogens is 413 g/mol. The van der Waals surface area contributed by atoms with Gasteiger partial charge in [0.1, 0.15) is 29.6 Å². The summed E-state index contributed by atoms with van der Waals surface area (Å²) in [5.41, 5.74) is 0.492. The molecule has 2 N–H and O–H groups in total. The first-order chi connectivity index (χ1) is 14.3. The van der Waals surface area contributed by atoms with Crippen molar-refractivity contribution in [2.24, 2.45) is 0 Å². The molecule has 0 saturated heterocycles. The Kier molecular flexibility index (Phi) is 6.68. The Bertz CT molecular complexity index is 1040. The number of oxazole rings is 1. The minimum atomic E-state index is -0.917. The number of aliphatic hydroxyl groups is 1. The van der Waals surface area contributed by atoms with Gasteiger partial charge in [-0.05, 0) is 39.0 Å². The molecule has 1 atom stereocenters. The fourth-order valence-electron chi connectivity index (χ4n) is 2.34. The van der Waals surface area contributed by atoms with Crippen LogP contribution in [-0.4, -0.2) is 46.2 Å². The number of carbonyl (C=O) groups excluding carboxylic acids is 1. The molecule has 8 nitrogen and oxygen atoms in total. The number of nitrogens with one attached hydrogen (secondary N) is 1. The summed E-state index contributed by atoms with van der Waals surface area (Å²) in [5.74, 6) is 0.743. The lowest BCUT2D eigenvalue weighted by Crippen LogP contribution is -2.27. The van der Waals surface area contributed by atoms with Crippen molar-refractivity contribution in [3.63, 3.8) is 0 Å². The van der Waals surface area contributed by atoms with Gasteiger partial charge in [-0.1, -0.05) is 11.3 Å². The van der Waals surface area contributed by atoms with Crippen molar-refractivity contribution in [1.82, 2.24) is 9.97 Å². The predicted octanol–water partition coefficient (Wildman–Crippen LogP) is 4.51. The van der Waals surface area contributed by atoms with E-state index in [0.29, 0.717) is 27.9 Å². The molecule has 3 rings (SSSR count). The summed E-state index contributed by atoms with van der Waals surface area (Å²) in [7, 11) is 0. The Hall–Kier alpha value is -2.98. The molecule has 0 bridgehead atoms. The molecule has 1 unspecified atom stereocenters. The van der Waals surface area contributed by atoms with Gasteiger partial charge in [0.2, 0.25) is 5.89 Å². The van der Waals surface area contributed by atoms with Gasteiger partial charge in [-0.2, -0.15) is 0 Å². The number of anilines is 1. The molecule has 0 fully saturated rings. The summed E-state index contributed by atoms with van der Waals surface area (Å²) in [6, 6.07) is 4.91. The second kappa shape index (κ2) is 9.23. The number of aliphatic hydroxyl groups excluding tert-OH is 1. The molecule has 2 aromatic heterocycles. The van der Waals surface area contributed by atoms with Crippen LogP contribution < -0.4 is 10.1 Å². The number of halogens is 1. The van der Waals surface area contributed by atoms with Gasteiger partial charge in [0, 0.05) is 23.2 Å². The summed E-state index contributed by atoms with van der Waals surface area (Å²) in [5, 5.41) is 12.0. The molecule has 3 aromatic rings. The molecular formula is C20H22FN3O5S. The zero-order chi connectivity index (χ0) is 21.7. The number of nitrogens with zero attached hydrogens (tertiary/aromatic N) is 2. The highest BCUT2D eigenvalue weighted by Gasteiger charge is 2.17. The maximum absolute atomic E-state index is 12.7. The van der Waals surface area contributed by atoms with Crippen LogP contribution in [0.3, 0.4) is 0 Å². The van der Waals surface area contributed by atoms with Crippen molar-refractivity contribution in [2.45, 2.75) is 32.5 Å². The Labute approximate surface area is 176 Å². The summed E-state index contributed by atoms with van der Waals surface area (Å²) in [4.78, 5) is 21.1. The maximum Gasteiger partial charge on any atom is 0.413 e. The lowest BCUT2D eigenvalue weighted by Gasteiger charge is -2.18. The molecule has 0 spiro atoms. The maximum atomic E-state index is 12.7. The van der Waals surface area contributed by atoms with E-state index >= 15 is 0 Å². The molecule has 160 valence electrons. The number of amides is 1. The van der Waals surface area contributed by atoms with Crippen molar-refractivity contribution in [3.8, 4) is 5.75 Å². The van der Waals surface area contributed by atoms with Crippen molar-refractivity contribution in [2.75, 3.05) is 18.6 Å². The van der Waals surface area contributed by atoms with Gasteiger partial charge in [0.15, 0.2) is 10.7 Å². The van der Waals surface area contributed by atoms with Crippen LogP contribution >= 0.6 is 11.3 Å². The average Bonchev–Trinajstić information content (AvgIpc) is 3.28. The molecule has 0 aliphatic heterocycles. The molecule has 1 aromatic carbocycles. The molecule has 0 aliphatic carbocycles. The van der Waals surface area contributed by atoms with Gasteiger partial charge in [0.25, 0.3) is 0 Å². The number of alkyl halides is 1. The van der Waals surface area contributed by atoms with Crippen LogP contribution in [0.5, 0.6) is 5.75 Å². The summed E-state index contributed by atoms with van der Waals surface area (Å²) in [6.45, 7) is 4.13. The monoisotopic (exact) mass is 435 g/mol. The number of carbonyl (C=O) groups is 1. The third kappa shape index (κ3) is 6.01. The predicted molar refractivity (Wildman–Crippen MR) is 112 cm³/mol. The van der Waals surface area contributed by atoms with Gasteiger partial charge < -0.3 is 19.0 Å². The number of hydrogen-bond acceptors (Lipinski definition) is 8. The fourth-order valence-corrected chi connectivity index (χ4v) is 3.05. The lowest BCUT2D eigenvalue weighted by atomic mass is 10.2. The normalized spacial score (nSPS) is 13.0. The number of benzene rings is 1. The van der Waals surface area contributed by atoms with E-state index in [-0.39, 0.29) is 0 Å². The van der Waals surface area contributed by atoms with Crippen LogP contribution in [0.4, 0.5) is 14.3 Å². The van der Waals surface area contributed by atoms with E-state index in [4.69, 9.17) is 19.0 Å². The van der Waals surface area contributed by atoms with E-state index < -0.39 is 31.1 Å². The molecule has 0 radical (unpaired) electrons. The van der Waals surface area contributed by atoms with Crippen molar-refractivity contribution >= 4 is 45.8 Å². The fraction of sp³-hybridized carbons (Fsp3) is 0.350. The number of fused-ring (bicyclic) bond motifs is 1. The molecule has 0 saturated carbocycles. The third-order valence-electron chi connectivity index (χ3n) is 3.58. The Morgan fingerprint density at radius 3 is 2.90 bits per heavy atom. The molecule has 2 heterocycles. The van der Waals surface area contributed by atoms with Crippen LogP contribution in [0.15, 0.2) is 28.8 Å². The van der Waals surface area contributed by atoms with Crippen LogP contribution in [0.1, 0.15) is 31.5 Å². The van der Waals surface area contributed by atoms with E-state index in [0.717, 1.165) is 4.88 Å². The number of ether oxygens (including phenoxy) is 2. The Morgan fingerprint density at radius 2 is 2.20 bits per heavy atom. The average molecular weight is 435 g/mol. The van der Waals surface area contributed by atoms with Crippen molar-refractivity contribution < 1.29 is 28.2 Å². The molecule has 1 amide bonds. The highest BCUT2D eigenvalue weighted by atomic mass is 32.1. The third-order valence-corrected chi connectivity index (χ3v) is 4.45. The van der Waals surface area contributed by atoms with Crippen LogP contribution in [0, 0.1) is 0 Å². The second-order valence-corrected chi connectivity index (χ2v) is 8.35. The molecule has 30 heavy (non-hydrogen) atoms. The summed E-state index contributed by atoms with van der Waals surface area (Å²) in [6.07, 6.45) is 3.54. The van der Waals surface area contributed by atoms with Crippen LogP contribution in [-0.2, 0) is 4.74 Å². The standard InChI is InChI=1S/C20H22FN3O5S/c1-20(2,3)29-19(26)24-18-22-10-14(30-18)5-7-17-23-15-6-4-12(8-16(15)28-17)27-13(9-21)11-25/h4-8,10,13,25H,9,11H2,1-3H3,(H,22,24,26)/b7-5+. The minimum absolute atomic E-state index is 0.362. The van der Waals surface area contributed by atoms with Crippen molar-refractivity contribution in [1.29, 1.82) is 0 Å². The zero-order valence-corrected chi connectivity index (χ0v) is 17.5. The number of rotatable bonds is 7. The number of hydrogen-bond donors (Lipinski definition) is 2. The highest BCUT2D eigenvalue weighted by molar-refractivity contribution is 7.16. The first-order valence-electron chi connectivity index (χ1n) is 9.14. The smallest absolute Gasteiger partial charge is 0.413 e. The minimum Gasteiger partial charge on any atom is -0.485 e. The quantitative estimate of drug-likeness (QED) is 0.562. The van der Waals surface area contributed by atoms with Gasteiger partial charge in [-0.15, -0.1) is 0 Å². The van der Waals surface area contributed by atoms with Gasteiger partial charge in [0.05, 0.1) is 6.61 Å². The van der Waals surface area contributed by atoms with E-state index in [1.807, 2.05) is 0 Å². The summed E-state index contributed by atoms with van der Waals surface area (Å²) < 4.78 is 28.9. The van der Waals surface area contributed by atoms with E-state index in [9.17, 15) is 9.18 Å². The number of thiazole rings is 1. The first-order valence-corrected chi connectivity index (χ1v) is 9.95. The number of aromatic nitrogens is 2. The second-order valence-electron chi connectivity index (χ2n) is 7.29. The van der Waals surface area contributed by atoms with Crippen LogP contribution in [0.25, 0.3) is 23.3 Å².